The predicted octanol–water partition coefficient (Wildman–Crippen LogP) is 3.20. The first-order chi connectivity index (χ1) is 8.40. The summed E-state index contributed by atoms with van der Waals surface area (Å²) in [6.07, 6.45) is 2.63. The van der Waals surface area contributed by atoms with Crippen LogP contribution < -0.4 is 0 Å². The van der Waals surface area contributed by atoms with E-state index in [9.17, 15) is 4.79 Å². The second-order valence-corrected chi connectivity index (χ2v) is 6.75. The van der Waals surface area contributed by atoms with Gasteiger partial charge in [-0.05, 0) is 24.2 Å². The average molecular weight is 325 g/mol. The van der Waals surface area contributed by atoms with Crippen molar-refractivity contribution in [3.8, 4) is 6.07 Å². The SMILES string of the molecule is CSc1nc2c(cc1C#N)C(=O)C(Br)C(C)(C)C2. The van der Waals surface area contributed by atoms with Crippen LogP contribution in [0, 0.1) is 16.7 Å². The van der Waals surface area contributed by atoms with Crippen LogP contribution in [0.15, 0.2) is 11.1 Å². The van der Waals surface area contributed by atoms with E-state index in [2.05, 4.69) is 27.0 Å². The molecule has 18 heavy (non-hydrogen) atoms. The number of hydrogen-bond donors (Lipinski definition) is 0. The minimum Gasteiger partial charge on any atom is -0.293 e. The van der Waals surface area contributed by atoms with E-state index in [1.165, 1.54) is 11.8 Å². The molecule has 0 saturated carbocycles. The molecule has 0 aromatic carbocycles. The maximum Gasteiger partial charge on any atom is 0.178 e. The van der Waals surface area contributed by atoms with Crippen LogP contribution in [0.1, 0.15) is 35.5 Å². The van der Waals surface area contributed by atoms with Gasteiger partial charge in [0.2, 0.25) is 0 Å². The first-order valence-corrected chi connectivity index (χ1v) is 7.71. The van der Waals surface area contributed by atoms with Gasteiger partial charge in [0.25, 0.3) is 0 Å². The maximum atomic E-state index is 12.3. The fourth-order valence-electron chi connectivity index (χ4n) is 2.13. The minimum absolute atomic E-state index is 0.0258. The Morgan fingerprint density at radius 1 is 1.61 bits per heavy atom. The number of carbonyl (C=O) groups is 1. The molecule has 1 heterocycles. The van der Waals surface area contributed by atoms with Crippen LogP contribution in [-0.4, -0.2) is 21.9 Å². The Morgan fingerprint density at radius 3 is 2.83 bits per heavy atom. The lowest BCUT2D eigenvalue weighted by atomic mass is 9.75. The van der Waals surface area contributed by atoms with E-state index in [4.69, 9.17) is 5.26 Å². The third-order valence-corrected chi connectivity index (χ3v) is 5.54. The molecule has 0 fully saturated rings. The Kier molecular flexibility index (Phi) is 3.52. The number of nitriles is 1. The molecule has 0 bridgehead atoms. The number of Topliss-reactive ketones (excluding diaryl/α,β-unsaturated/α-hetero) is 1. The summed E-state index contributed by atoms with van der Waals surface area (Å²) in [5, 5.41) is 9.78. The van der Waals surface area contributed by atoms with Gasteiger partial charge in [0.05, 0.1) is 16.1 Å². The first-order valence-electron chi connectivity index (χ1n) is 5.57. The number of aromatic nitrogens is 1. The molecule has 1 unspecified atom stereocenters. The number of nitrogens with zero attached hydrogens (tertiary/aromatic N) is 2. The summed E-state index contributed by atoms with van der Waals surface area (Å²) in [7, 11) is 0. The fourth-order valence-corrected chi connectivity index (χ4v) is 3.06. The van der Waals surface area contributed by atoms with Gasteiger partial charge in [-0.3, -0.25) is 4.79 Å². The van der Waals surface area contributed by atoms with Crippen molar-refractivity contribution >= 4 is 33.5 Å². The van der Waals surface area contributed by atoms with E-state index in [1.54, 1.807) is 6.07 Å². The summed E-state index contributed by atoms with van der Waals surface area (Å²) in [4.78, 5) is 16.6. The van der Waals surface area contributed by atoms with Crippen LogP contribution in [-0.2, 0) is 6.42 Å². The van der Waals surface area contributed by atoms with Gasteiger partial charge in [-0.2, -0.15) is 5.26 Å². The monoisotopic (exact) mass is 324 g/mol. The Hall–Kier alpha value is -0.860. The largest absolute Gasteiger partial charge is 0.293 e. The predicted molar refractivity (Wildman–Crippen MR) is 75.3 cm³/mol. The van der Waals surface area contributed by atoms with E-state index < -0.39 is 0 Å². The molecule has 0 saturated heterocycles. The topological polar surface area (TPSA) is 53.8 Å². The standard InChI is InChI=1S/C13H13BrN2OS/c1-13(2)5-9-8(10(17)11(13)14)4-7(6-15)12(16-9)18-3/h4,11H,5H2,1-3H3. The van der Waals surface area contributed by atoms with Gasteiger partial charge in [0.1, 0.15) is 11.1 Å². The minimum atomic E-state index is -0.217. The van der Waals surface area contributed by atoms with Crippen molar-refractivity contribution in [2.45, 2.75) is 30.1 Å². The van der Waals surface area contributed by atoms with Gasteiger partial charge in [-0.1, -0.05) is 29.8 Å². The van der Waals surface area contributed by atoms with Crippen molar-refractivity contribution in [2.75, 3.05) is 6.26 Å². The van der Waals surface area contributed by atoms with E-state index in [-0.39, 0.29) is 16.0 Å². The molecule has 1 atom stereocenters. The number of hydrogen-bond acceptors (Lipinski definition) is 4. The lowest BCUT2D eigenvalue weighted by Crippen LogP contribution is -2.39. The van der Waals surface area contributed by atoms with Crippen LogP contribution in [0.5, 0.6) is 0 Å². The molecule has 1 aromatic rings. The molecule has 5 heteroatoms. The van der Waals surface area contributed by atoms with E-state index in [0.717, 1.165) is 12.1 Å². The van der Waals surface area contributed by atoms with Crippen molar-refractivity contribution in [3.05, 3.63) is 22.9 Å². The summed E-state index contributed by atoms with van der Waals surface area (Å²) in [5.74, 6) is 0.0258. The van der Waals surface area contributed by atoms with Crippen molar-refractivity contribution < 1.29 is 4.79 Å². The van der Waals surface area contributed by atoms with Gasteiger partial charge in [0.15, 0.2) is 5.78 Å². The number of rotatable bonds is 1. The lowest BCUT2D eigenvalue weighted by Gasteiger charge is -2.34. The van der Waals surface area contributed by atoms with Gasteiger partial charge in [-0.15, -0.1) is 11.8 Å². The lowest BCUT2D eigenvalue weighted by molar-refractivity contribution is 0.0926. The number of ketones is 1. The molecule has 1 aliphatic carbocycles. The second kappa shape index (κ2) is 4.67. The first kappa shape index (κ1) is 13.6. The average Bonchev–Trinajstić information content (AvgIpc) is 2.34. The molecule has 0 amide bonds. The van der Waals surface area contributed by atoms with Crippen molar-refractivity contribution in [1.29, 1.82) is 5.26 Å². The summed E-state index contributed by atoms with van der Waals surface area (Å²) in [6, 6.07) is 3.78. The molecule has 2 rings (SSSR count). The van der Waals surface area contributed by atoms with E-state index in [0.29, 0.717) is 16.2 Å². The van der Waals surface area contributed by atoms with Crippen LogP contribution >= 0.6 is 27.7 Å². The van der Waals surface area contributed by atoms with Crippen LogP contribution in [0.25, 0.3) is 0 Å². The normalized spacial score (nSPS) is 21.3. The number of alkyl halides is 1. The van der Waals surface area contributed by atoms with E-state index in [1.807, 2.05) is 20.1 Å². The van der Waals surface area contributed by atoms with Crippen molar-refractivity contribution in [1.82, 2.24) is 4.98 Å². The smallest absolute Gasteiger partial charge is 0.178 e. The highest BCUT2D eigenvalue weighted by Crippen LogP contribution is 2.39. The molecule has 3 nitrogen and oxygen atoms in total. The number of fused-ring (bicyclic) bond motifs is 1. The second-order valence-electron chi connectivity index (χ2n) is 5.04. The van der Waals surface area contributed by atoms with E-state index >= 15 is 0 Å². The highest BCUT2D eigenvalue weighted by molar-refractivity contribution is 9.10. The van der Waals surface area contributed by atoms with Gasteiger partial charge in [-0.25, -0.2) is 4.98 Å². The Labute approximate surface area is 119 Å². The van der Waals surface area contributed by atoms with Crippen molar-refractivity contribution in [2.24, 2.45) is 5.41 Å². The molecule has 94 valence electrons. The Morgan fingerprint density at radius 2 is 2.28 bits per heavy atom. The molecule has 0 N–H and O–H groups in total. The fraction of sp³-hybridized carbons (Fsp3) is 0.462. The van der Waals surface area contributed by atoms with Crippen LogP contribution in [0.4, 0.5) is 0 Å². The summed E-state index contributed by atoms with van der Waals surface area (Å²) >= 11 is 4.90. The van der Waals surface area contributed by atoms with Gasteiger partial charge < -0.3 is 0 Å². The summed E-state index contributed by atoms with van der Waals surface area (Å²) in [5.41, 5.74) is 1.73. The molecule has 0 spiro atoms. The van der Waals surface area contributed by atoms with Crippen LogP contribution in [0.2, 0.25) is 0 Å². The zero-order chi connectivity index (χ0) is 13.5. The Bertz CT molecular complexity index is 563. The van der Waals surface area contributed by atoms with Crippen LogP contribution in [0.3, 0.4) is 0 Å². The Balaban J connectivity index is 2.62. The number of thioether (sulfide) groups is 1. The molecule has 0 aliphatic heterocycles. The van der Waals surface area contributed by atoms with Crippen molar-refractivity contribution in [3.63, 3.8) is 0 Å². The highest BCUT2D eigenvalue weighted by Gasteiger charge is 2.40. The molecular weight excluding hydrogens is 312 g/mol. The zero-order valence-electron chi connectivity index (χ0n) is 10.5. The number of carbonyl (C=O) groups excluding carboxylic acids is 1. The third-order valence-electron chi connectivity index (χ3n) is 3.19. The number of pyridine rings is 1. The van der Waals surface area contributed by atoms with Gasteiger partial charge >= 0.3 is 0 Å². The molecule has 1 aromatic heterocycles. The molecule has 0 radical (unpaired) electrons. The maximum absolute atomic E-state index is 12.3. The number of halogens is 1. The third kappa shape index (κ3) is 2.08. The summed E-state index contributed by atoms with van der Waals surface area (Å²) < 4.78 is 0. The zero-order valence-corrected chi connectivity index (χ0v) is 12.9. The highest BCUT2D eigenvalue weighted by atomic mass is 79.9. The quantitative estimate of drug-likeness (QED) is 0.588. The van der Waals surface area contributed by atoms with Gasteiger partial charge in [0, 0.05) is 5.56 Å². The summed E-state index contributed by atoms with van der Waals surface area (Å²) in [6.45, 7) is 4.10. The molecular formula is C13H13BrN2OS. The molecule has 1 aliphatic rings.